The minimum atomic E-state index is 0.551. The standard InChI is InChI=1S/C30H36N8O2S2/c1-39-13-10-38(20-27-31-7-16-41-27)21-5-8-36(9-6-21)19-22-17-26-28(42-22)30(37-11-14-40-15-12-37)34-29(33-26)23-3-2-4-25-24(23)18-32-35-25/h2-4,7,16-18,21H,5-6,8-15,19-20H2,1H3,(H,32,35). The molecular formula is C30H36N8O2S2. The van der Waals surface area contributed by atoms with Crippen molar-refractivity contribution in [3.63, 3.8) is 0 Å². The van der Waals surface area contributed by atoms with Gasteiger partial charge in [-0.15, -0.1) is 22.7 Å². The molecule has 4 aromatic heterocycles. The highest BCUT2D eigenvalue weighted by Gasteiger charge is 2.26. The number of hydrogen-bond donors (Lipinski definition) is 1. The molecule has 6 heterocycles. The molecule has 2 fully saturated rings. The number of aromatic nitrogens is 5. The number of piperidine rings is 1. The Morgan fingerprint density at radius 3 is 2.83 bits per heavy atom. The third-order valence-corrected chi connectivity index (χ3v) is 10.2. The Labute approximate surface area is 253 Å². The Morgan fingerprint density at radius 1 is 1.14 bits per heavy atom. The molecule has 5 aromatic rings. The van der Waals surface area contributed by atoms with Crippen LogP contribution in [0.5, 0.6) is 0 Å². The SMILES string of the molecule is COCCN(Cc1nccs1)C1CCN(Cc2cc3nc(-c4cccc5[nH]ncc45)nc(N4CCOCC4)c3s2)CC1. The van der Waals surface area contributed by atoms with Gasteiger partial charge in [-0.25, -0.2) is 15.0 Å². The maximum Gasteiger partial charge on any atom is 0.162 e. The summed E-state index contributed by atoms with van der Waals surface area (Å²) < 4.78 is 12.3. The average molecular weight is 605 g/mol. The molecule has 42 heavy (non-hydrogen) atoms. The number of aromatic amines is 1. The molecule has 0 amide bonds. The number of nitrogens with zero attached hydrogens (tertiary/aromatic N) is 7. The van der Waals surface area contributed by atoms with Crippen molar-refractivity contribution in [3.8, 4) is 11.4 Å². The van der Waals surface area contributed by atoms with Gasteiger partial charge in [0, 0.05) is 79.8 Å². The van der Waals surface area contributed by atoms with Gasteiger partial charge in [0.15, 0.2) is 11.6 Å². The number of morpholine rings is 1. The first kappa shape index (κ1) is 27.8. The molecule has 1 N–H and O–H groups in total. The summed E-state index contributed by atoms with van der Waals surface area (Å²) in [6, 6.07) is 8.99. The van der Waals surface area contributed by atoms with Crippen LogP contribution in [0.1, 0.15) is 22.7 Å². The van der Waals surface area contributed by atoms with E-state index in [1.165, 1.54) is 14.6 Å². The summed E-state index contributed by atoms with van der Waals surface area (Å²) in [4.78, 5) is 23.6. The predicted octanol–water partition coefficient (Wildman–Crippen LogP) is 4.64. The number of ether oxygens (including phenoxy) is 2. The topological polar surface area (TPSA) is 95.5 Å². The summed E-state index contributed by atoms with van der Waals surface area (Å²) in [6.45, 7) is 8.79. The molecule has 10 nitrogen and oxygen atoms in total. The molecule has 0 aliphatic carbocycles. The molecule has 0 saturated carbocycles. The minimum Gasteiger partial charge on any atom is -0.383 e. The molecule has 2 aliphatic heterocycles. The van der Waals surface area contributed by atoms with Gasteiger partial charge < -0.3 is 14.4 Å². The molecule has 0 radical (unpaired) electrons. The maximum absolute atomic E-state index is 5.66. The van der Waals surface area contributed by atoms with Crippen LogP contribution in [0, 0.1) is 0 Å². The van der Waals surface area contributed by atoms with Gasteiger partial charge in [0.1, 0.15) is 5.01 Å². The number of methoxy groups -OCH3 is 1. The zero-order chi connectivity index (χ0) is 28.3. The summed E-state index contributed by atoms with van der Waals surface area (Å²) >= 11 is 3.58. The fraction of sp³-hybridized carbons (Fsp3) is 0.467. The first-order chi connectivity index (χ1) is 20.7. The number of rotatable bonds is 10. The van der Waals surface area contributed by atoms with Crippen LogP contribution in [0.15, 0.2) is 42.0 Å². The number of anilines is 1. The lowest BCUT2D eigenvalue weighted by atomic mass is 10.0. The number of likely N-dealkylation sites (tertiary alicyclic amines) is 1. The van der Waals surface area contributed by atoms with Crippen LogP contribution in [0.25, 0.3) is 32.5 Å². The fourth-order valence-electron chi connectivity index (χ4n) is 6.08. The van der Waals surface area contributed by atoms with E-state index in [9.17, 15) is 0 Å². The van der Waals surface area contributed by atoms with Crippen LogP contribution in [0.2, 0.25) is 0 Å². The second-order valence-corrected chi connectivity index (χ2v) is 13.0. The molecule has 0 bridgehead atoms. The zero-order valence-electron chi connectivity index (χ0n) is 23.9. The number of H-pyrrole nitrogens is 1. The molecule has 0 spiro atoms. The van der Waals surface area contributed by atoms with Crippen molar-refractivity contribution in [2.24, 2.45) is 0 Å². The quantitative estimate of drug-likeness (QED) is 0.245. The molecule has 220 valence electrons. The second kappa shape index (κ2) is 12.7. The van der Waals surface area contributed by atoms with Crippen LogP contribution in [0.3, 0.4) is 0 Å². The Kier molecular flexibility index (Phi) is 8.41. The highest BCUT2D eigenvalue weighted by atomic mass is 32.1. The third kappa shape index (κ3) is 5.92. The number of thiophene rings is 1. The van der Waals surface area contributed by atoms with Crippen molar-refractivity contribution in [2.75, 3.05) is 64.6 Å². The van der Waals surface area contributed by atoms with E-state index in [1.807, 2.05) is 35.9 Å². The van der Waals surface area contributed by atoms with Gasteiger partial charge in [0.25, 0.3) is 0 Å². The molecule has 0 atom stereocenters. The van der Waals surface area contributed by atoms with Crippen molar-refractivity contribution >= 4 is 49.6 Å². The third-order valence-electron chi connectivity index (χ3n) is 8.30. The summed E-state index contributed by atoms with van der Waals surface area (Å²) in [5, 5.41) is 11.6. The van der Waals surface area contributed by atoms with Crippen molar-refractivity contribution in [1.82, 2.24) is 34.9 Å². The monoisotopic (exact) mass is 604 g/mol. The number of hydrogen-bond acceptors (Lipinski definition) is 11. The molecule has 1 aromatic carbocycles. The van der Waals surface area contributed by atoms with E-state index < -0.39 is 0 Å². The Balaban J connectivity index is 1.11. The lowest BCUT2D eigenvalue weighted by molar-refractivity contribution is 0.0719. The molecule has 0 unspecified atom stereocenters. The van der Waals surface area contributed by atoms with Crippen molar-refractivity contribution in [3.05, 3.63) is 51.9 Å². The zero-order valence-corrected chi connectivity index (χ0v) is 25.5. The highest BCUT2D eigenvalue weighted by Crippen LogP contribution is 2.36. The summed E-state index contributed by atoms with van der Waals surface area (Å²) in [5.41, 5.74) is 3.01. The number of thiazole rings is 1. The second-order valence-electron chi connectivity index (χ2n) is 10.9. The van der Waals surface area contributed by atoms with Gasteiger partial charge in [-0.3, -0.25) is 14.9 Å². The van der Waals surface area contributed by atoms with Crippen molar-refractivity contribution in [1.29, 1.82) is 0 Å². The lowest BCUT2D eigenvalue weighted by Crippen LogP contribution is -2.45. The van der Waals surface area contributed by atoms with Gasteiger partial charge >= 0.3 is 0 Å². The smallest absolute Gasteiger partial charge is 0.162 e. The minimum absolute atomic E-state index is 0.551. The van der Waals surface area contributed by atoms with Gasteiger partial charge in [0.05, 0.1) is 48.3 Å². The number of nitrogens with one attached hydrogen (secondary N) is 1. The summed E-state index contributed by atoms with van der Waals surface area (Å²) in [7, 11) is 1.78. The predicted molar refractivity (Wildman–Crippen MR) is 168 cm³/mol. The molecule has 2 saturated heterocycles. The van der Waals surface area contributed by atoms with Gasteiger partial charge in [-0.05, 0) is 25.0 Å². The summed E-state index contributed by atoms with van der Waals surface area (Å²) in [6.07, 6.45) is 6.07. The van der Waals surface area contributed by atoms with Crippen LogP contribution in [-0.2, 0) is 22.6 Å². The molecule has 12 heteroatoms. The van der Waals surface area contributed by atoms with E-state index in [4.69, 9.17) is 19.4 Å². The first-order valence-corrected chi connectivity index (χ1v) is 16.3. The van der Waals surface area contributed by atoms with Crippen molar-refractivity contribution < 1.29 is 9.47 Å². The van der Waals surface area contributed by atoms with Gasteiger partial charge in [-0.1, -0.05) is 12.1 Å². The Morgan fingerprint density at radius 2 is 2.02 bits per heavy atom. The van der Waals surface area contributed by atoms with E-state index in [0.29, 0.717) is 6.04 Å². The van der Waals surface area contributed by atoms with Crippen LogP contribution in [-0.4, -0.2) is 101 Å². The van der Waals surface area contributed by atoms with E-state index in [0.717, 1.165) is 112 Å². The average Bonchev–Trinajstić information content (AvgIpc) is 3.81. The van der Waals surface area contributed by atoms with Crippen molar-refractivity contribution in [2.45, 2.75) is 32.0 Å². The van der Waals surface area contributed by atoms with Crippen LogP contribution in [0.4, 0.5) is 5.82 Å². The van der Waals surface area contributed by atoms with E-state index in [2.05, 4.69) is 47.4 Å². The highest BCUT2D eigenvalue weighted by molar-refractivity contribution is 7.19. The first-order valence-electron chi connectivity index (χ1n) is 14.6. The molecule has 2 aliphatic rings. The normalized spacial score (nSPS) is 17.2. The largest absolute Gasteiger partial charge is 0.383 e. The maximum atomic E-state index is 5.66. The molecular weight excluding hydrogens is 569 g/mol. The molecule has 7 rings (SSSR count). The van der Waals surface area contributed by atoms with E-state index in [-0.39, 0.29) is 0 Å². The summed E-state index contributed by atoms with van der Waals surface area (Å²) in [5.74, 6) is 1.77. The number of fused-ring (bicyclic) bond motifs is 2. The Hall–Kier alpha value is -3.00. The van der Waals surface area contributed by atoms with Crippen LogP contribution < -0.4 is 4.90 Å². The lowest BCUT2D eigenvalue weighted by Gasteiger charge is -2.38. The van der Waals surface area contributed by atoms with Gasteiger partial charge in [-0.2, -0.15) is 5.10 Å². The van der Waals surface area contributed by atoms with E-state index >= 15 is 0 Å². The van der Waals surface area contributed by atoms with Crippen LogP contribution >= 0.6 is 22.7 Å². The fourth-order valence-corrected chi connectivity index (χ4v) is 7.88. The van der Waals surface area contributed by atoms with E-state index in [1.54, 1.807) is 18.4 Å². The Bertz CT molecular complexity index is 1610. The number of benzene rings is 1. The van der Waals surface area contributed by atoms with Gasteiger partial charge in [0.2, 0.25) is 0 Å².